The molecule has 1 unspecified atom stereocenters. The second kappa shape index (κ2) is 6.76. The molecule has 0 aliphatic carbocycles. The highest BCUT2D eigenvalue weighted by molar-refractivity contribution is 9.10. The minimum Gasteiger partial charge on any atom is -0.399 e. The van der Waals surface area contributed by atoms with Gasteiger partial charge >= 0.3 is 0 Å². The van der Waals surface area contributed by atoms with Gasteiger partial charge in [-0.1, -0.05) is 36.8 Å². The third-order valence-electron chi connectivity index (χ3n) is 3.43. The molecule has 2 aromatic carbocycles. The topological polar surface area (TPSA) is 55.1 Å². The fourth-order valence-electron chi connectivity index (χ4n) is 2.17. The average Bonchev–Trinajstić information content (AvgIpc) is 2.48. The number of halogens is 1. The highest BCUT2D eigenvalue weighted by atomic mass is 79.9. The first-order valence-electron chi connectivity index (χ1n) is 6.93. The molecule has 0 aromatic heterocycles. The van der Waals surface area contributed by atoms with Crippen molar-refractivity contribution in [3.63, 3.8) is 0 Å². The minimum atomic E-state index is -0.124. The van der Waals surface area contributed by atoms with Crippen molar-refractivity contribution in [2.75, 3.05) is 5.73 Å². The van der Waals surface area contributed by atoms with E-state index in [2.05, 4.69) is 52.4 Å². The predicted molar refractivity (Wildman–Crippen MR) is 90.2 cm³/mol. The highest BCUT2D eigenvalue weighted by Gasteiger charge is 2.16. The Bertz CT molecular complexity index is 638. The zero-order valence-electron chi connectivity index (χ0n) is 12.2. The molecule has 21 heavy (non-hydrogen) atoms. The predicted octanol–water partition coefficient (Wildman–Crippen LogP) is 4.22. The number of nitrogen functional groups attached to an aromatic ring is 1. The maximum absolute atomic E-state index is 12.4. The van der Waals surface area contributed by atoms with Gasteiger partial charge in [0.05, 0.1) is 11.6 Å². The van der Waals surface area contributed by atoms with Crippen molar-refractivity contribution in [1.29, 1.82) is 0 Å². The Morgan fingerprint density at radius 2 is 1.90 bits per heavy atom. The molecule has 1 amide bonds. The maximum Gasteiger partial charge on any atom is 0.252 e. The Kier molecular flexibility index (Phi) is 5.02. The Morgan fingerprint density at radius 1 is 1.24 bits per heavy atom. The number of rotatable bonds is 4. The summed E-state index contributed by atoms with van der Waals surface area (Å²) in [5.41, 5.74) is 9.20. The van der Waals surface area contributed by atoms with Gasteiger partial charge in [-0.25, -0.2) is 0 Å². The standard InChI is InChI=1S/C17H19BrN2O/c1-3-16(12-6-4-11(2)5-7-12)20-17(21)14-10-13(19)8-9-15(14)18/h4-10,16H,3,19H2,1-2H3,(H,20,21). The fraction of sp³-hybridized carbons (Fsp3) is 0.235. The minimum absolute atomic E-state index is 0.00793. The van der Waals surface area contributed by atoms with E-state index in [1.54, 1.807) is 18.2 Å². The number of benzene rings is 2. The van der Waals surface area contributed by atoms with Crippen molar-refractivity contribution < 1.29 is 4.79 Å². The van der Waals surface area contributed by atoms with Crippen LogP contribution in [0.15, 0.2) is 46.9 Å². The van der Waals surface area contributed by atoms with E-state index in [0.29, 0.717) is 11.3 Å². The average molecular weight is 347 g/mol. The van der Waals surface area contributed by atoms with Gasteiger partial charge in [-0.15, -0.1) is 0 Å². The van der Waals surface area contributed by atoms with Crippen molar-refractivity contribution in [3.05, 3.63) is 63.6 Å². The van der Waals surface area contributed by atoms with Crippen molar-refractivity contribution in [2.24, 2.45) is 0 Å². The van der Waals surface area contributed by atoms with E-state index in [-0.39, 0.29) is 11.9 Å². The summed E-state index contributed by atoms with van der Waals surface area (Å²) in [5.74, 6) is -0.124. The van der Waals surface area contributed by atoms with Gasteiger partial charge in [0.1, 0.15) is 0 Å². The molecule has 0 saturated heterocycles. The first-order chi connectivity index (χ1) is 10.0. The SMILES string of the molecule is CCC(NC(=O)c1cc(N)ccc1Br)c1ccc(C)cc1. The van der Waals surface area contributed by atoms with Gasteiger partial charge in [-0.2, -0.15) is 0 Å². The molecule has 0 spiro atoms. The quantitative estimate of drug-likeness (QED) is 0.814. The second-order valence-corrected chi connectivity index (χ2v) is 5.94. The molecule has 0 saturated carbocycles. The molecular weight excluding hydrogens is 328 g/mol. The number of carbonyl (C=O) groups excluding carboxylic acids is 1. The summed E-state index contributed by atoms with van der Waals surface area (Å²) in [6.07, 6.45) is 0.828. The Morgan fingerprint density at radius 3 is 2.52 bits per heavy atom. The molecule has 4 heteroatoms. The lowest BCUT2D eigenvalue weighted by molar-refractivity contribution is 0.0935. The third-order valence-corrected chi connectivity index (χ3v) is 4.12. The number of carbonyl (C=O) groups is 1. The second-order valence-electron chi connectivity index (χ2n) is 5.08. The van der Waals surface area contributed by atoms with Gasteiger partial charge in [-0.05, 0) is 53.0 Å². The summed E-state index contributed by atoms with van der Waals surface area (Å²) in [7, 11) is 0. The highest BCUT2D eigenvalue weighted by Crippen LogP contribution is 2.22. The van der Waals surface area contributed by atoms with E-state index in [1.165, 1.54) is 5.56 Å². The van der Waals surface area contributed by atoms with Gasteiger partial charge in [0.15, 0.2) is 0 Å². The van der Waals surface area contributed by atoms with Crippen LogP contribution in [0.4, 0.5) is 5.69 Å². The van der Waals surface area contributed by atoms with Gasteiger partial charge < -0.3 is 11.1 Å². The van der Waals surface area contributed by atoms with E-state index < -0.39 is 0 Å². The van der Waals surface area contributed by atoms with E-state index in [4.69, 9.17) is 5.73 Å². The molecule has 0 radical (unpaired) electrons. The molecule has 0 fully saturated rings. The molecule has 0 aliphatic heterocycles. The van der Waals surface area contributed by atoms with Gasteiger partial charge in [0.25, 0.3) is 5.91 Å². The van der Waals surface area contributed by atoms with E-state index in [1.807, 2.05) is 6.92 Å². The number of amides is 1. The molecule has 0 heterocycles. The van der Waals surface area contributed by atoms with E-state index >= 15 is 0 Å². The van der Waals surface area contributed by atoms with Crippen molar-refractivity contribution in [3.8, 4) is 0 Å². The molecule has 3 nitrogen and oxygen atoms in total. The maximum atomic E-state index is 12.4. The number of anilines is 1. The van der Waals surface area contributed by atoms with E-state index in [9.17, 15) is 4.79 Å². The third kappa shape index (κ3) is 3.85. The Balaban J connectivity index is 2.20. The number of nitrogens with one attached hydrogen (secondary N) is 1. The Hall–Kier alpha value is -1.81. The fourth-order valence-corrected chi connectivity index (χ4v) is 2.60. The van der Waals surface area contributed by atoms with Crippen LogP contribution in [0.2, 0.25) is 0 Å². The Labute approximate surface area is 133 Å². The first kappa shape index (κ1) is 15.6. The number of nitrogens with two attached hydrogens (primary N) is 1. The molecule has 2 aromatic rings. The lowest BCUT2D eigenvalue weighted by Crippen LogP contribution is -2.28. The van der Waals surface area contributed by atoms with Crippen molar-refractivity contribution in [1.82, 2.24) is 5.32 Å². The molecule has 2 rings (SSSR count). The van der Waals surface area contributed by atoms with Crippen LogP contribution in [0.3, 0.4) is 0 Å². The first-order valence-corrected chi connectivity index (χ1v) is 7.73. The molecule has 110 valence electrons. The van der Waals surface area contributed by atoms with Crippen molar-refractivity contribution >= 4 is 27.5 Å². The van der Waals surface area contributed by atoms with E-state index in [0.717, 1.165) is 16.5 Å². The van der Waals surface area contributed by atoms with Gasteiger partial charge in [0.2, 0.25) is 0 Å². The summed E-state index contributed by atoms with van der Waals surface area (Å²) in [6, 6.07) is 13.4. The molecule has 0 aliphatic rings. The summed E-state index contributed by atoms with van der Waals surface area (Å²) < 4.78 is 0.743. The zero-order chi connectivity index (χ0) is 15.4. The molecular formula is C17H19BrN2O. The number of hydrogen-bond acceptors (Lipinski definition) is 2. The lowest BCUT2D eigenvalue weighted by Gasteiger charge is -2.18. The van der Waals surface area contributed by atoms with Crippen LogP contribution < -0.4 is 11.1 Å². The summed E-state index contributed by atoms with van der Waals surface area (Å²) in [5, 5.41) is 3.06. The van der Waals surface area contributed by atoms with Crippen LogP contribution in [0, 0.1) is 6.92 Å². The zero-order valence-corrected chi connectivity index (χ0v) is 13.8. The summed E-state index contributed by atoms with van der Waals surface area (Å²) >= 11 is 3.39. The van der Waals surface area contributed by atoms with Gasteiger partial charge in [0, 0.05) is 10.2 Å². The van der Waals surface area contributed by atoms with Crippen LogP contribution in [0.25, 0.3) is 0 Å². The number of aryl methyl sites for hydroxylation is 1. The normalized spacial score (nSPS) is 12.0. The van der Waals surface area contributed by atoms with Crippen LogP contribution >= 0.6 is 15.9 Å². The summed E-state index contributed by atoms with van der Waals surface area (Å²) in [6.45, 7) is 4.10. The van der Waals surface area contributed by atoms with Crippen molar-refractivity contribution in [2.45, 2.75) is 26.3 Å². The largest absolute Gasteiger partial charge is 0.399 e. The molecule has 0 bridgehead atoms. The van der Waals surface area contributed by atoms with Crippen LogP contribution in [0.5, 0.6) is 0 Å². The van der Waals surface area contributed by atoms with Crippen LogP contribution in [-0.4, -0.2) is 5.91 Å². The smallest absolute Gasteiger partial charge is 0.252 e. The van der Waals surface area contributed by atoms with Crippen LogP contribution in [-0.2, 0) is 0 Å². The summed E-state index contributed by atoms with van der Waals surface area (Å²) in [4.78, 5) is 12.4. The van der Waals surface area contributed by atoms with Crippen LogP contribution in [0.1, 0.15) is 40.9 Å². The monoisotopic (exact) mass is 346 g/mol. The molecule has 3 N–H and O–H groups in total. The van der Waals surface area contributed by atoms with Gasteiger partial charge in [-0.3, -0.25) is 4.79 Å². The number of hydrogen-bond donors (Lipinski definition) is 2. The lowest BCUT2D eigenvalue weighted by atomic mass is 10.0. The molecule has 1 atom stereocenters.